The maximum Gasteiger partial charge on any atom is 0.417 e. The van der Waals surface area contributed by atoms with Crippen molar-refractivity contribution in [2.45, 2.75) is 12.4 Å². The van der Waals surface area contributed by atoms with Crippen molar-refractivity contribution in [2.75, 3.05) is 0 Å². The Morgan fingerprint density at radius 1 is 0.739 bits per heavy atom. The third kappa shape index (κ3) is 3.43. The zero-order chi connectivity index (χ0) is 17.3. The second-order valence-electron chi connectivity index (χ2n) is 4.54. The minimum absolute atomic E-state index is 0.0720. The Labute approximate surface area is 126 Å². The fourth-order valence-electron chi connectivity index (χ4n) is 2.13. The fourth-order valence-corrected chi connectivity index (χ4v) is 2.13. The first kappa shape index (κ1) is 16.8. The molecule has 0 aliphatic carbocycles. The molecule has 0 amide bonds. The molecule has 0 N–H and O–H groups in total. The second-order valence-corrected chi connectivity index (χ2v) is 4.54. The number of benzene rings is 2. The zero-order valence-corrected chi connectivity index (χ0v) is 11.3. The van der Waals surface area contributed by atoms with Crippen LogP contribution in [0.2, 0.25) is 0 Å². The topological polar surface area (TPSA) is 36.4 Å². The van der Waals surface area contributed by atoms with Gasteiger partial charge in [-0.2, -0.15) is 31.1 Å². The largest absolute Gasteiger partial charge is 0.417 e. The molecule has 8 heteroatoms. The van der Waals surface area contributed by atoms with Crippen molar-refractivity contribution in [3.05, 3.63) is 76.3 Å². The monoisotopic (exact) mass is 330 g/mol. The Bertz CT molecular complexity index is 724. The molecule has 0 atom stereocenters. The molecule has 0 aliphatic rings. The Morgan fingerprint density at radius 3 is 1.61 bits per heavy atom. The van der Waals surface area contributed by atoms with E-state index in [0.717, 1.165) is 0 Å². The van der Waals surface area contributed by atoms with Gasteiger partial charge in [0.05, 0.1) is 22.3 Å². The van der Waals surface area contributed by atoms with Crippen molar-refractivity contribution in [2.24, 2.45) is 0 Å². The predicted octanol–water partition coefficient (Wildman–Crippen LogP) is 4.79. The first-order valence-electron chi connectivity index (χ1n) is 6.21. The molecule has 0 bridgehead atoms. The van der Waals surface area contributed by atoms with E-state index in [4.69, 9.17) is 5.53 Å². The molecule has 0 spiro atoms. The quantitative estimate of drug-likeness (QED) is 0.328. The van der Waals surface area contributed by atoms with Crippen LogP contribution < -0.4 is 0 Å². The minimum Gasteiger partial charge on any atom is -0.361 e. The maximum absolute atomic E-state index is 13.1. The molecule has 0 radical (unpaired) electrons. The molecule has 120 valence electrons. The molecule has 2 rings (SSSR count). The maximum atomic E-state index is 13.1. The molecule has 0 saturated heterocycles. The molecular formula is C15H8F6N2. The summed E-state index contributed by atoms with van der Waals surface area (Å²) in [7, 11) is 0. The van der Waals surface area contributed by atoms with E-state index in [1.54, 1.807) is 0 Å². The highest BCUT2D eigenvalue weighted by Gasteiger charge is 2.44. The number of nitrogens with zero attached hydrogens (tertiary/aromatic N) is 2. The molecule has 0 unspecified atom stereocenters. The predicted molar refractivity (Wildman–Crippen MR) is 69.7 cm³/mol. The van der Waals surface area contributed by atoms with Gasteiger partial charge in [0.1, 0.15) is 0 Å². The van der Waals surface area contributed by atoms with Crippen LogP contribution in [0.1, 0.15) is 22.3 Å². The van der Waals surface area contributed by atoms with Gasteiger partial charge in [0, 0.05) is 0 Å². The van der Waals surface area contributed by atoms with Crippen LogP contribution in [-0.4, -0.2) is 10.5 Å². The van der Waals surface area contributed by atoms with Crippen molar-refractivity contribution < 1.29 is 31.1 Å². The van der Waals surface area contributed by atoms with Gasteiger partial charge in [0.25, 0.3) is 0 Å². The summed E-state index contributed by atoms with van der Waals surface area (Å²) in [6, 6.07) is 8.53. The van der Waals surface area contributed by atoms with Gasteiger partial charge in [0.15, 0.2) is 0 Å². The van der Waals surface area contributed by atoms with E-state index in [-0.39, 0.29) is 5.56 Å². The lowest BCUT2D eigenvalue weighted by atomic mass is 9.92. The Hall–Kier alpha value is -2.60. The summed E-state index contributed by atoms with van der Waals surface area (Å²) < 4.78 is 78.7. The van der Waals surface area contributed by atoms with E-state index in [9.17, 15) is 26.3 Å². The molecular weight excluding hydrogens is 322 g/mol. The average molecular weight is 330 g/mol. The third-order valence-corrected chi connectivity index (χ3v) is 3.06. The normalized spacial score (nSPS) is 11.9. The molecule has 23 heavy (non-hydrogen) atoms. The Balaban J connectivity index is 2.85. The lowest BCUT2D eigenvalue weighted by Gasteiger charge is -2.16. The lowest BCUT2D eigenvalue weighted by Crippen LogP contribution is -2.21. The summed E-state index contributed by atoms with van der Waals surface area (Å²) in [5.74, 6) is 0. The average Bonchev–Trinajstić information content (AvgIpc) is 2.47. The van der Waals surface area contributed by atoms with Crippen LogP contribution in [-0.2, 0) is 12.4 Å². The molecule has 2 nitrogen and oxygen atoms in total. The van der Waals surface area contributed by atoms with Gasteiger partial charge in [-0.3, -0.25) is 0 Å². The van der Waals surface area contributed by atoms with Crippen LogP contribution in [0.15, 0.2) is 48.5 Å². The Morgan fingerprint density at radius 2 is 1.22 bits per heavy atom. The van der Waals surface area contributed by atoms with E-state index >= 15 is 0 Å². The summed E-state index contributed by atoms with van der Waals surface area (Å²) in [6.07, 6.45) is -10.1. The van der Waals surface area contributed by atoms with Crippen LogP contribution in [0.5, 0.6) is 0 Å². The SMILES string of the molecule is [N-]=[N+]=C(c1ccccc1)c1c(C(F)(F)F)cccc1C(F)(F)F. The number of hydrogen-bond donors (Lipinski definition) is 0. The third-order valence-electron chi connectivity index (χ3n) is 3.06. The van der Waals surface area contributed by atoms with Gasteiger partial charge < -0.3 is 5.53 Å². The highest BCUT2D eigenvalue weighted by Crippen LogP contribution is 2.40. The first-order chi connectivity index (χ1) is 10.7. The van der Waals surface area contributed by atoms with Crippen molar-refractivity contribution in [3.63, 3.8) is 0 Å². The van der Waals surface area contributed by atoms with Crippen LogP contribution in [0, 0.1) is 0 Å². The van der Waals surface area contributed by atoms with Crippen LogP contribution in [0.4, 0.5) is 26.3 Å². The van der Waals surface area contributed by atoms with E-state index in [0.29, 0.717) is 18.2 Å². The van der Waals surface area contributed by atoms with Gasteiger partial charge in [-0.1, -0.05) is 24.3 Å². The fraction of sp³-hybridized carbons (Fsp3) is 0.133. The molecule has 2 aromatic rings. The molecule has 2 aromatic carbocycles. The molecule has 0 aromatic heterocycles. The van der Waals surface area contributed by atoms with Crippen molar-refractivity contribution >= 4 is 5.71 Å². The minimum atomic E-state index is -5.04. The molecule has 0 heterocycles. The van der Waals surface area contributed by atoms with Gasteiger partial charge in [0.2, 0.25) is 0 Å². The number of rotatable bonds is 2. The van der Waals surface area contributed by atoms with E-state index in [2.05, 4.69) is 4.79 Å². The van der Waals surface area contributed by atoms with Crippen molar-refractivity contribution in [1.29, 1.82) is 0 Å². The van der Waals surface area contributed by atoms with Gasteiger partial charge >= 0.3 is 18.1 Å². The van der Waals surface area contributed by atoms with Gasteiger partial charge in [-0.25, -0.2) is 0 Å². The number of alkyl halides is 6. The molecule has 0 aliphatic heterocycles. The van der Waals surface area contributed by atoms with Crippen LogP contribution >= 0.6 is 0 Å². The van der Waals surface area contributed by atoms with Gasteiger partial charge in [-0.05, 0) is 24.3 Å². The van der Waals surface area contributed by atoms with E-state index in [1.165, 1.54) is 30.3 Å². The summed E-state index contributed by atoms with van der Waals surface area (Å²) >= 11 is 0. The highest BCUT2D eigenvalue weighted by molar-refractivity contribution is 6.11. The first-order valence-corrected chi connectivity index (χ1v) is 6.21. The zero-order valence-electron chi connectivity index (χ0n) is 11.3. The van der Waals surface area contributed by atoms with Crippen LogP contribution in [0.25, 0.3) is 5.53 Å². The summed E-state index contributed by atoms with van der Waals surface area (Å²) in [4.78, 5) is 2.69. The molecule has 0 saturated carbocycles. The Kier molecular flexibility index (Phi) is 4.29. The lowest BCUT2D eigenvalue weighted by molar-refractivity contribution is -0.143. The molecule has 0 fully saturated rings. The summed E-state index contributed by atoms with van der Waals surface area (Å²) in [5.41, 5.74) is 3.94. The van der Waals surface area contributed by atoms with E-state index in [1.807, 2.05) is 0 Å². The van der Waals surface area contributed by atoms with E-state index < -0.39 is 34.8 Å². The smallest absolute Gasteiger partial charge is 0.361 e. The summed E-state index contributed by atoms with van der Waals surface area (Å²) in [6.45, 7) is 0. The highest BCUT2D eigenvalue weighted by atomic mass is 19.4. The summed E-state index contributed by atoms with van der Waals surface area (Å²) in [5, 5.41) is 0. The number of halogens is 6. The second kappa shape index (κ2) is 5.89. The standard InChI is InChI=1S/C15H8F6N2/c16-14(17,18)10-7-4-8-11(15(19,20)21)12(10)13(23-22)9-5-2-1-3-6-9/h1-8H. The van der Waals surface area contributed by atoms with Crippen LogP contribution in [0.3, 0.4) is 0 Å². The van der Waals surface area contributed by atoms with Crippen molar-refractivity contribution in [3.8, 4) is 0 Å². The van der Waals surface area contributed by atoms with Crippen molar-refractivity contribution in [1.82, 2.24) is 0 Å². The van der Waals surface area contributed by atoms with Gasteiger partial charge in [-0.15, -0.1) is 0 Å². The number of hydrogen-bond acceptors (Lipinski definition) is 0.